The van der Waals surface area contributed by atoms with Crippen LogP contribution in [0.4, 0.5) is 5.69 Å². The first-order valence-corrected chi connectivity index (χ1v) is 6.28. The number of carbonyl (C=O) groups is 1. The van der Waals surface area contributed by atoms with Crippen molar-refractivity contribution in [3.05, 3.63) is 44.9 Å². The SMILES string of the molecule is O=C(CCCn1cc([N+](=O)[O-])cn1)c1cccs1. The maximum atomic E-state index is 11.7. The van der Waals surface area contributed by atoms with Crippen molar-refractivity contribution in [2.45, 2.75) is 19.4 Å². The minimum absolute atomic E-state index is 0.0282. The number of ketones is 1. The number of hydrogen-bond donors (Lipinski definition) is 0. The van der Waals surface area contributed by atoms with E-state index >= 15 is 0 Å². The molecule has 2 aromatic rings. The Morgan fingerprint density at radius 3 is 3.00 bits per heavy atom. The van der Waals surface area contributed by atoms with Crippen LogP contribution in [0.3, 0.4) is 0 Å². The maximum Gasteiger partial charge on any atom is 0.306 e. The molecule has 0 aromatic carbocycles. The largest absolute Gasteiger partial charge is 0.306 e. The summed E-state index contributed by atoms with van der Waals surface area (Å²) >= 11 is 1.42. The van der Waals surface area contributed by atoms with Crippen LogP contribution in [0.5, 0.6) is 0 Å². The van der Waals surface area contributed by atoms with Gasteiger partial charge in [0.2, 0.25) is 0 Å². The average molecular weight is 265 g/mol. The van der Waals surface area contributed by atoms with Crippen LogP contribution in [0.15, 0.2) is 29.9 Å². The van der Waals surface area contributed by atoms with Gasteiger partial charge in [-0.15, -0.1) is 11.3 Å². The molecule has 0 aliphatic rings. The number of nitrogens with zero attached hydrogens (tertiary/aromatic N) is 3. The zero-order valence-corrected chi connectivity index (χ0v) is 10.3. The van der Waals surface area contributed by atoms with Crippen LogP contribution in [0.2, 0.25) is 0 Å². The molecule has 0 saturated heterocycles. The third-order valence-corrected chi connectivity index (χ3v) is 3.33. The summed E-state index contributed by atoms with van der Waals surface area (Å²) in [5, 5.41) is 16.2. The Kier molecular flexibility index (Phi) is 3.83. The van der Waals surface area contributed by atoms with Gasteiger partial charge in [-0.25, -0.2) is 0 Å². The predicted octanol–water partition coefficient (Wildman–Crippen LogP) is 2.52. The molecule has 94 valence electrons. The summed E-state index contributed by atoms with van der Waals surface area (Å²) in [5.41, 5.74) is -0.0282. The molecule has 0 bridgehead atoms. The fourth-order valence-corrected chi connectivity index (χ4v) is 2.23. The van der Waals surface area contributed by atoms with E-state index in [1.54, 1.807) is 6.07 Å². The van der Waals surface area contributed by atoms with Gasteiger partial charge in [0.15, 0.2) is 5.78 Å². The fraction of sp³-hybridized carbons (Fsp3) is 0.273. The second kappa shape index (κ2) is 5.54. The Labute approximate surface area is 107 Å². The Balaban J connectivity index is 1.81. The molecule has 0 aliphatic heterocycles. The van der Waals surface area contributed by atoms with E-state index in [-0.39, 0.29) is 11.5 Å². The van der Waals surface area contributed by atoms with Gasteiger partial charge >= 0.3 is 5.69 Å². The third kappa shape index (κ3) is 3.01. The van der Waals surface area contributed by atoms with Crippen molar-refractivity contribution >= 4 is 22.8 Å². The number of carbonyl (C=O) groups excluding carboxylic acids is 1. The molecule has 0 fully saturated rings. The second-order valence-electron chi connectivity index (χ2n) is 3.72. The van der Waals surface area contributed by atoms with E-state index in [0.29, 0.717) is 19.4 Å². The quantitative estimate of drug-likeness (QED) is 0.456. The molecule has 0 unspecified atom stereocenters. The van der Waals surface area contributed by atoms with E-state index in [1.165, 1.54) is 28.4 Å². The van der Waals surface area contributed by atoms with Gasteiger partial charge in [-0.1, -0.05) is 6.07 Å². The highest BCUT2D eigenvalue weighted by molar-refractivity contribution is 7.12. The van der Waals surface area contributed by atoms with Crippen LogP contribution in [0.25, 0.3) is 0 Å². The van der Waals surface area contributed by atoms with Crippen molar-refractivity contribution in [1.29, 1.82) is 0 Å². The topological polar surface area (TPSA) is 78.0 Å². The van der Waals surface area contributed by atoms with Crippen LogP contribution >= 0.6 is 11.3 Å². The summed E-state index contributed by atoms with van der Waals surface area (Å²) in [6.45, 7) is 0.505. The minimum atomic E-state index is -0.486. The van der Waals surface area contributed by atoms with Crippen molar-refractivity contribution in [2.24, 2.45) is 0 Å². The molecular formula is C11H11N3O3S. The van der Waals surface area contributed by atoms with Gasteiger partial charge in [-0.05, 0) is 17.9 Å². The summed E-state index contributed by atoms with van der Waals surface area (Å²) in [6, 6.07) is 3.64. The highest BCUT2D eigenvalue weighted by Crippen LogP contribution is 2.13. The average Bonchev–Trinajstić information content (AvgIpc) is 3.00. The van der Waals surface area contributed by atoms with Crippen molar-refractivity contribution in [1.82, 2.24) is 9.78 Å². The number of thiophene rings is 1. The van der Waals surface area contributed by atoms with Gasteiger partial charge < -0.3 is 0 Å². The summed E-state index contributed by atoms with van der Waals surface area (Å²) in [5.74, 6) is 0.103. The lowest BCUT2D eigenvalue weighted by Gasteiger charge is -1.99. The monoisotopic (exact) mass is 265 g/mol. The first kappa shape index (κ1) is 12.4. The molecule has 0 atom stereocenters. The molecule has 2 rings (SSSR count). The molecule has 0 aliphatic carbocycles. The Hall–Kier alpha value is -2.02. The van der Waals surface area contributed by atoms with E-state index in [9.17, 15) is 14.9 Å². The van der Waals surface area contributed by atoms with Gasteiger partial charge in [0.1, 0.15) is 12.4 Å². The normalized spacial score (nSPS) is 10.4. The number of rotatable bonds is 6. The molecule has 6 nitrogen and oxygen atoms in total. The number of aryl methyl sites for hydroxylation is 1. The van der Waals surface area contributed by atoms with E-state index in [1.807, 2.05) is 11.4 Å². The lowest BCUT2D eigenvalue weighted by atomic mass is 10.2. The molecular weight excluding hydrogens is 254 g/mol. The summed E-state index contributed by atoms with van der Waals surface area (Å²) in [6.07, 6.45) is 3.63. The molecule has 0 spiro atoms. The van der Waals surface area contributed by atoms with Gasteiger partial charge in [-0.3, -0.25) is 19.6 Å². The van der Waals surface area contributed by atoms with Crippen molar-refractivity contribution in [3.63, 3.8) is 0 Å². The maximum absolute atomic E-state index is 11.7. The van der Waals surface area contributed by atoms with E-state index < -0.39 is 4.92 Å². The van der Waals surface area contributed by atoms with Crippen molar-refractivity contribution in [3.8, 4) is 0 Å². The number of hydrogen-bond acceptors (Lipinski definition) is 5. The molecule has 0 amide bonds. The van der Waals surface area contributed by atoms with Gasteiger partial charge in [0, 0.05) is 13.0 Å². The van der Waals surface area contributed by atoms with Crippen LogP contribution < -0.4 is 0 Å². The Morgan fingerprint density at radius 1 is 1.56 bits per heavy atom. The van der Waals surface area contributed by atoms with E-state index in [4.69, 9.17) is 0 Å². The molecule has 2 aromatic heterocycles. The van der Waals surface area contributed by atoms with Crippen molar-refractivity contribution < 1.29 is 9.72 Å². The summed E-state index contributed by atoms with van der Waals surface area (Å²) < 4.78 is 1.49. The predicted molar refractivity (Wildman–Crippen MR) is 66.8 cm³/mol. The van der Waals surface area contributed by atoms with Crippen LogP contribution in [-0.2, 0) is 6.54 Å². The first-order valence-electron chi connectivity index (χ1n) is 5.40. The molecule has 18 heavy (non-hydrogen) atoms. The summed E-state index contributed by atoms with van der Waals surface area (Å²) in [4.78, 5) is 22.4. The lowest BCUT2D eigenvalue weighted by Crippen LogP contribution is -2.02. The fourth-order valence-electron chi connectivity index (χ4n) is 1.53. The van der Waals surface area contributed by atoms with E-state index in [2.05, 4.69) is 5.10 Å². The third-order valence-electron chi connectivity index (χ3n) is 2.42. The molecule has 0 saturated carbocycles. The smallest absolute Gasteiger partial charge is 0.293 e. The highest BCUT2D eigenvalue weighted by Gasteiger charge is 2.10. The Bertz CT molecular complexity index is 548. The molecule has 7 heteroatoms. The molecule has 0 radical (unpaired) electrons. The Morgan fingerprint density at radius 2 is 2.39 bits per heavy atom. The highest BCUT2D eigenvalue weighted by atomic mass is 32.1. The molecule has 0 N–H and O–H groups in total. The number of nitro groups is 1. The standard InChI is InChI=1S/C11H11N3O3S/c15-10(11-4-2-6-18-11)3-1-5-13-8-9(7-12-13)14(16)17/h2,4,6-8H,1,3,5H2. The van der Waals surface area contributed by atoms with Crippen LogP contribution in [-0.4, -0.2) is 20.5 Å². The van der Waals surface area contributed by atoms with Gasteiger partial charge in [0.05, 0.1) is 9.80 Å². The van der Waals surface area contributed by atoms with E-state index in [0.717, 1.165) is 4.88 Å². The summed E-state index contributed by atoms with van der Waals surface area (Å²) in [7, 11) is 0. The lowest BCUT2D eigenvalue weighted by molar-refractivity contribution is -0.385. The first-order chi connectivity index (χ1) is 8.66. The van der Waals surface area contributed by atoms with Crippen molar-refractivity contribution in [2.75, 3.05) is 0 Å². The van der Waals surface area contributed by atoms with Crippen LogP contribution in [0.1, 0.15) is 22.5 Å². The van der Waals surface area contributed by atoms with Gasteiger partial charge in [-0.2, -0.15) is 5.10 Å². The zero-order valence-electron chi connectivity index (χ0n) is 9.48. The number of aromatic nitrogens is 2. The van der Waals surface area contributed by atoms with Gasteiger partial charge in [0.25, 0.3) is 0 Å². The van der Waals surface area contributed by atoms with Crippen LogP contribution in [0, 0.1) is 10.1 Å². The second-order valence-corrected chi connectivity index (χ2v) is 4.67. The minimum Gasteiger partial charge on any atom is -0.293 e. The number of Topliss-reactive ketones (excluding diaryl/α,β-unsaturated/α-hetero) is 1. The molecule has 2 heterocycles. The zero-order chi connectivity index (χ0) is 13.0.